The third kappa shape index (κ3) is 3.53. The molecule has 0 aromatic heterocycles. The van der Waals surface area contributed by atoms with Crippen molar-refractivity contribution in [3.63, 3.8) is 0 Å². The smallest absolute Gasteiger partial charge is 0.127 e. The molecule has 0 aliphatic carbocycles. The second-order valence-corrected chi connectivity index (χ2v) is 6.07. The molecule has 0 radical (unpaired) electrons. The molecule has 0 aliphatic rings. The van der Waals surface area contributed by atoms with Gasteiger partial charge in [-0.15, -0.1) is 0 Å². The summed E-state index contributed by atoms with van der Waals surface area (Å²) in [6.45, 7) is 8.75. The van der Waals surface area contributed by atoms with E-state index in [-0.39, 0.29) is 11.2 Å². The predicted molar refractivity (Wildman–Crippen MR) is 82.7 cm³/mol. The van der Waals surface area contributed by atoms with E-state index in [0.29, 0.717) is 0 Å². The fourth-order valence-electron chi connectivity index (χ4n) is 2.01. The summed E-state index contributed by atoms with van der Waals surface area (Å²) >= 11 is 0. The number of aromatic hydroxyl groups is 1. The third-order valence-corrected chi connectivity index (χ3v) is 3.31. The average Bonchev–Trinajstić information content (AvgIpc) is 2.40. The van der Waals surface area contributed by atoms with Crippen molar-refractivity contribution in [1.29, 1.82) is 0 Å². The maximum absolute atomic E-state index is 9.30. The molecule has 2 nitrogen and oxygen atoms in total. The standard InChI is InChI=1S/C18H22O2/c1-5-13-10-14(18(2,3)4)12-17(11-13)20-16-8-6-15(19)7-9-16/h6-12,19H,5H2,1-4H3. The second-order valence-electron chi connectivity index (χ2n) is 6.07. The molecule has 2 aromatic carbocycles. The van der Waals surface area contributed by atoms with Crippen LogP contribution in [0.25, 0.3) is 0 Å². The summed E-state index contributed by atoms with van der Waals surface area (Å²) in [6.07, 6.45) is 0.982. The molecule has 0 spiro atoms. The first kappa shape index (κ1) is 14.4. The maximum Gasteiger partial charge on any atom is 0.127 e. The fraction of sp³-hybridized carbons (Fsp3) is 0.333. The summed E-state index contributed by atoms with van der Waals surface area (Å²) in [4.78, 5) is 0. The van der Waals surface area contributed by atoms with Crippen molar-refractivity contribution < 1.29 is 9.84 Å². The minimum atomic E-state index is 0.0955. The molecule has 2 heteroatoms. The van der Waals surface area contributed by atoms with Crippen LogP contribution in [0.1, 0.15) is 38.8 Å². The Bertz CT molecular complexity index is 577. The average molecular weight is 270 g/mol. The number of phenolic OH excluding ortho intramolecular Hbond substituents is 1. The minimum Gasteiger partial charge on any atom is -0.508 e. The van der Waals surface area contributed by atoms with E-state index in [1.54, 1.807) is 24.3 Å². The molecular weight excluding hydrogens is 248 g/mol. The zero-order valence-corrected chi connectivity index (χ0v) is 12.6. The molecule has 0 aliphatic heterocycles. The van der Waals surface area contributed by atoms with E-state index in [1.165, 1.54) is 11.1 Å². The van der Waals surface area contributed by atoms with Crippen LogP contribution in [0.15, 0.2) is 42.5 Å². The Kier molecular flexibility index (Phi) is 4.03. The van der Waals surface area contributed by atoms with Gasteiger partial charge in [0.2, 0.25) is 0 Å². The van der Waals surface area contributed by atoms with Gasteiger partial charge in [0, 0.05) is 0 Å². The van der Waals surface area contributed by atoms with Gasteiger partial charge in [0.15, 0.2) is 0 Å². The van der Waals surface area contributed by atoms with Crippen molar-refractivity contribution in [3.05, 3.63) is 53.6 Å². The van der Waals surface area contributed by atoms with Crippen LogP contribution in [0.3, 0.4) is 0 Å². The molecule has 2 rings (SSSR count). The van der Waals surface area contributed by atoms with Gasteiger partial charge in [-0.2, -0.15) is 0 Å². The lowest BCUT2D eigenvalue weighted by molar-refractivity contribution is 0.462. The summed E-state index contributed by atoms with van der Waals surface area (Å²) in [5.41, 5.74) is 2.63. The Balaban J connectivity index is 2.33. The quantitative estimate of drug-likeness (QED) is 0.846. The van der Waals surface area contributed by atoms with E-state index >= 15 is 0 Å². The van der Waals surface area contributed by atoms with Gasteiger partial charge in [-0.25, -0.2) is 0 Å². The molecule has 106 valence electrons. The van der Waals surface area contributed by atoms with Gasteiger partial charge >= 0.3 is 0 Å². The maximum atomic E-state index is 9.30. The first-order valence-corrected chi connectivity index (χ1v) is 7.00. The van der Waals surface area contributed by atoms with Crippen molar-refractivity contribution in [2.75, 3.05) is 0 Å². The van der Waals surface area contributed by atoms with E-state index in [9.17, 15) is 5.11 Å². The predicted octanol–water partition coefficient (Wildman–Crippen LogP) is 5.04. The van der Waals surface area contributed by atoms with Crippen LogP contribution in [0.2, 0.25) is 0 Å². The molecule has 20 heavy (non-hydrogen) atoms. The molecule has 0 unspecified atom stereocenters. The number of phenols is 1. The highest BCUT2D eigenvalue weighted by Gasteiger charge is 2.15. The van der Waals surface area contributed by atoms with Crippen molar-refractivity contribution in [2.24, 2.45) is 0 Å². The zero-order chi connectivity index (χ0) is 14.8. The topological polar surface area (TPSA) is 29.5 Å². The number of rotatable bonds is 3. The molecule has 0 saturated heterocycles. The Morgan fingerprint density at radius 3 is 2.15 bits per heavy atom. The number of hydrogen-bond acceptors (Lipinski definition) is 2. The SMILES string of the molecule is CCc1cc(Oc2ccc(O)cc2)cc(C(C)(C)C)c1. The van der Waals surface area contributed by atoms with Crippen LogP contribution in [-0.4, -0.2) is 5.11 Å². The van der Waals surface area contributed by atoms with Gasteiger partial charge in [-0.3, -0.25) is 0 Å². The van der Waals surface area contributed by atoms with Gasteiger partial charge in [0.1, 0.15) is 17.2 Å². The van der Waals surface area contributed by atoms with E-state index in [4.69, 9.17) is 4.74 Å². The van der Waals surface area contributed by atoms with Crippen LogP contribution >= 0.6 is 0 Å². The Labute approximate surface area is 121 Å². The van der Waals surface area contributed by atoms with E-state index in [2.05, 4.69) is 45.9 Å². The second kappa shape index (κ2) is 5.58. The van der Waals surface area contributed by atoms with Crippen LogP contribution in [-0.2, 0) is 11.8 Å². The van der Waals surface area contributed by atoms with E-state index in [1.807, 2.05) is 0 Å². The van der Waals surface area contributed by atoms with Gasteiger partial charge in [-0.05, 0) is 59.4 Å². The molecule has 2 aromatic rings. The molecular formula is C18H22O2. The van der Waals surface area contributed by atoms with Crippen LogP contribution in [0.4, 0.5) is 0 Å². The van der Waals surface area contributed by atoms with Crippen molar-refractivity contribution >= 4 is 0 Å². The van der Waals surface area contributed by atoms with Gasteiger partial charge in [-0.1, -0.05) is 33.8 Å². The molecule has 0 fully saturated rings. The summed E-state index contributed by atoms with van der Waals surface area (Å²) < 4.78 is 5.90. The summed E-state index contributed by atoms with van der Waals surface area (Å²) in [7, 11) is 0. The van der Waals surface area contributed by atoms with E-state index < -0.39 is 0 Å². The van der Waals surface area contributed by atoms with E-state index in [0.717, 1.165) is 17.9 Å². The highest BCUT2D eigenvalue weighted by Crippen LogP contribution is 2.30. The van der Waals surface area contributed by atoms with Crippen LogP contribution in [0.5, 0.6) is 17.2 Å². The lowest BCUT2D eigenvalue weighted by atomic mass is 9.86. The third-order valence-electron chi connectivity index (χ3n) is 3.31. The summed E-state index contributed by atoms with van der Waals surface area (Å²) in [5, 5.41) is 9.30. The normalized spacial score (nSPS) is 11.4. The molecule has 0 amide bonds. The van der Waals surface area contributed by atoms with Crippen molar-refractivity contribution in [2.45, 2.75) is 39.5 Å². The Morgan fingerprint density at radius 2 is 1.60 bits per heavy atom. The highest BCUT2D eigenvalue weighted by molar-refractivity contribution is 5.41. The first-order valence-electron chi connectivity index (χ1n) is 7.00. The fourth-order valence-corrected chi connectivity index (χ4v) is 2.01. The molecule has 0 bridgehead atoms. The van der Waals surface area contributed by atoms with Crippen molar-refractivity contribution in [1.82, 2.24) is 0 Å². The number of ether oxygens (including phenoxy) is 1. The number of benzene rings is 2. The lowest BCUT2D eigenvalue weighted by Gasteiger charge is -2.21. The van der Waals surface area contributed by atoms with Gasteiger partial charge in [0.05, 0.1) is 0 Å². The Morgan fingerprint density at radius 1 is 0.950 bits per heavy atom. The molecule has 0 heterocycles. The summed E-state index contributed by atoms with van der Waals surface area (Å²) in [6, 6.07) is 13.2. The van der Waals surface area contributed by atoms with Gasteiger partial charge < -0.3 is 9.84 Å². The summed E-state index contributed by atoms with van der Waals surface area (Å²) in [5.74, 6) is 1.82. The molecule has 0 atom stereocenters. The highest BCUT2D eigenvalue weighted by atomic mass is 16.5. The van der Waals surface area contributed by atoms with Crippen LogP contribution < -0.4 is 4.74 Å². The van der Waals surface area contributed by atoms with Crippen molar-refractivity contribution in [3.8, 4) is 17.2 Å². The molecule has 1 N–H and O–H groups in total. The number of aryl methyl sites for hydroxylation is 1. The molecule has 0 saturated carbocycles. The zero-order valence-electron chi connectivity index (χ0n) is 12.6. The first-order chi connectivity index (χ1) is 9.38. The van der Waals surface area contributed by atoms with Crippen LogP contribution in [0, 0.1) is 0 Å². The largest absolute Gasteiger partial charge is 0.508 e. The monoisotopic (exact) mass is 270 g/mol. The lowest BCUT2D eigenvalue weighted by Crippen LogP contribution is -2.11. The van der Waals surface area contributed by atoms with Gasteiger partial charge in [0.25, 0.3) is 0 Å². The number of hydrogen-bond donors (Lipinski definition) is 1. The Hall–Kier alpha value is -1.96. The minimum absolute atomic E-state index is 0.0955.